The number of nitrogens with zero attached hydrogens (tertiary/aromatic N) is 5. The molecule has 0 spiro atoms. The third kappa shape index (κ3) is 4.52. The first-order valence-electron chi connectivity index (χ1n) is 11.2. The fourth-order valence-corrected chi connectivity index (χ4v) is 3.91. The van der Waals surface area contributed by atoms with Gasteiger partial charge < -0.3 is 9.26 Å². The molecule has 0 bridgehead atoms. The molecule has 0 N–H and O–H groups in total. The van der Waals surface area contributed by atoms with Crippen LogP contribution in [0.1, 0.15) is 13.3 Å². The van der Waals surface area contributed by atoms with Crippen molar-refractivity contribution in [3.05, 3.63) is 84.3 Å². The Morgan fingerprint density at radius 3 is 2.69 bits per heavy atom. The van der Waals surface area contributed by atoms with E-state index in [1.165, 1.54) is 0 Å². The monoisotopic (exact) mass is 463 g/mol. The molecular weight excluding hydrogens is 442 g/mol. The van der Waals surface area contributed by atoms with Crippen molar-refractivity contribution in [3.63, 3.8) is 0 Å². The van der Waals surface area contributed by atoms with Crippen molar-refractivity contribution in [1.29, 1.82) is 0 Å². The summed E-state index contributed by atoms with van der Waals surface area (Å²) in [7, 11) is 0. The molecule has 8 heteroatoms. The minimum absolute atomic E-state index is 0.245. The SMILES string of the molecule is [C-]#[N+]c1cc(-c2nc(-c3ccc4c(cnn4CCC(=O)OCC)c3)no2)ccc1-c1ccccc1. The summed E-state index contributed by atoms with van der Waals surface area (Å²) in [5.41, 5.74) is 4.72. The van der Waals surface area contributed by atoms with Crippen LogP contribution >= 0.6 is 0 Å². The lowest BCUT2D eigenvalue weighted by molar-refractivity contribution is -0.143. The van der Waals surface area contributed by atoms with Crippen molar-refractivity contribution in [3.8, 4) is 34.0 Å². The third-order valence-electron chi connectivity index (χ3n) is 5.61. The molecule has 0 atom stereocenters. The highest BCUT2D eigenvalue weighted by molar-refractivity contribution is 5.84. The lowest BCUT2D eigenvalue weighted by Crippen LogP contribution is -2.09. The number of benzene rings is 3. The molecule has 172 valence electrons. The minimum Gasteiger partial charge on any atom is -0.466 e. The first kappa shape index (κ1) is 22.0. The first-order valence-corrected chi connectivity index (χ1v) is 11.2. The zero-order valence-electron chi connectivity index (χ0n) is 19.0. The van der Waals surface area contributed by atoms with Crippen molar-refractivity contribution in [2.75, 3.05) is 6.61 Å². The summed E-state index contributed by atoms with van der Waals surface area (Å²) in [6.07, 6.45) is 2.01. The smallest absolute Gasteiger partial charge is 0.307 e. The second-order valence-corrected chi connectivity index (χ2v) is 7.83. The molecule has 0 aliphatic heterocycles. The number of rotatable bonds is 7. The number of carbonyl (C=O) groups is 1. The van der Waals surface area contributed by atoms with Crippen molar-refractivity contribution < 1.29 is 14.1 Å². The van der Waals surface area contributed by atoms with Crippen LogP contribution in [0.15, 0.2) is 77.4 Å². The molecule has 5 rings (SSSR count). The highest BCUT2D eigenvalue weighted by Crippen LogP contribution is 2.34. The second kappa shape index (κ2) is 9.61. The summed E-state index contributed by atoms with van der Waals surface area (Å²) in [4.78, 5) is 19.9. The highest BCUT2D eigenvalue weighted by Gasteiger charge is 2.15. The Balaban J connectivity index is 1.39. The molecule has 2 heterocycles. The minimum atomic E-state index is -0.245. The maximum atomic E-state index is 11.7. The van der Waals surface area contributed by atoms with Gasteiger partial charge in [0, 0.05) is 16.5 Å². The lowest BCUT2D eigenvalue weighted by Gasteiger charge is -2.05. The van der Waals surface area contributed by atoms with Gasteiger partial charge >= 0.3 is 5.97 Å². The van der Waals surface area contributed by atoms with E-state index in [2.05, 4.69) is 20.1 Å². The number of ether oxygens (including phenoxy) is 1. The average Bonchev–Trinajstić information content (AvgIpc) is 3.55. The Morgan fingerprint density at radius 1 is 1.06 bits per heavy atom. The molecule has 0 radical (unpaired) electrons. The van der Waals surface area contributed by atoms with Crippen LogP contribution in [0.2, 0.25) is 0 Å². The van der Waals surface area contributed by atoms with E-state index in [1.54, 1.807) is 23.9 Å². The summed E-state index contributed by atoms with van der Waals surface area (Å²) in [5.74, 6) is 0.540. The standard InChI is InChI=1S/C27H21N5O3/c1-3-34-25(33)13-14-32-24-12-10-19(15-21(24)17-29-32)26-30-27(35-31-26)20-9-11-22(23(16-20)28-2)18-7-5-4-6-8-18/h4-12,15-17H,3,13-14H2,1H3. The van der Waals surface area contributed by atoms with E-state index in [0.717, 1.165) is 27.6 Å². The molecule has 5 aromatic rings. The van der Waals surface area contributed by atoms with Crippen LogP contribution in [-0.4, -0.2) is 32.5 Å². The Labute approximate surface area is 201 Å². The molecule has 8 nitrogen and oxygen atoms in total. The van der Waals surface area contributed by atoms with Gasteiger partial charge in [-0.3, -0.25) is 9.48 Å². The van der Waals surface area contributed by atoms with Gasteiger partial charge in [-0.15, -0.1) is 0 Å². The molecule has 0 aliphatic carbocycles. The largest absolute Gasteiger partial charge is 0.466 e. The molecule has 0 unspecified atom stereocenters. The van der Waals surface area contributed by atoms with Crippen LogP contribution in [0.25, 0.3) is 49.7 Å². The zero-order chi connectivity index (χ0) is 24.2. The molecule has 0 saturated carbocycles. The number of aromatic nitrogens is 4. The second-order valence-electron chi connectivity index (χ2n) is 7.83. The Bertz CT molecular complexity index is 1550. The maximum Gasteiger partial charge on any atom is 0.307 e. The predicted molar refractivity (Wildman–Crippen MR) is 131 cm³/mol. The predicted octanol–water partition coefficient (Wildman–Crippen LogP) is 5.92. The van der Waals surface area contributed by atoms with Gasteiger partial charge in [0.25, 0.3) is 5.89 Å². The molecule has 3 aromatic carbocycles. The van der Waals surface area contributed by atoms with Crippen molar-refractivity contribution in [1.82, 2.24) is 19.9 Å². The van der Waals surface area contributed by atoms with Gasteiger partial charge in [0.2, 0.25) is 5.82 Å². The Kier molecular flexibility index (Phi) is 6.05. The summed E-state index contributed by atoms with van der Waals surface area (Å²) in [6, 6.07) is 21.1. The van der Waals surface area contributed by atoms with E-state index in [9.17, 15) is 4.79 Å². The van der Waals surface area contributed by atoms with Crippen molar-refractivity contribution in [2.45, 2.75) is 19.9 Å². The summed E-state index contributed by atoms with van der Waals surface area (Å²) in [6.45, 7) is 10.2. The topological polar surface area (TPSA) is 87.4 Å². The number of fused-ring (bicyclic) bond motifs is 1. The van der Waals surface area contributed by atoms with Gasteiger partial charge in [0.05, 0.1) is 37.9 Å². The molecule has 0 fully saturated rings. The van der Waals surface area contributed by atoms with Gasteiger partial charge in [-0.25, -0.2) is 4.85 Å². The third-order valence-corrected chi connectivity index (χ3v) is 5.61. The van der Waals surface area contributed by atoms with E-state index in [0.29, 0.717) is 36.1 Å². The van der Waals surface area contributed by atoms with Crippen LogP contribution in [0.4, 0.5) is 5.69 Å². The van der Waals surface area contributed by atoms with Gasteiger partial charge in [0.15, 0.2) is 5.69 Å². The van der Waals surface area contributed by atoms with Gasteiger partial charge in [-0.1, -0.05) is 47.6 Å². The van der Waals surface area contributed by atoms with E-state index in [1.807, 2.05) is 60.7 Å². The van der Waals surface area contributed by atoms with Crippen LogP contribution in [0, 0.1) is 6.57 Å². The molecule has 2 aromatic heterocycles. The Hall–Kier alpha value is -4.77. The van der Waals surface area contributed by atoms with Crippen LogP contribution in [-0.2, 0) is 16.1 Å². The van der Waals surface area contributed by atoms with E-state index >= 15 is 0 Å². The average molecular weight is 463 g/mol. The summed E-state index contributed by atoms with van der Waals surface area (Å²) < 4.78 is 12.3. The van der Waals surface area contributed by atoms with Gasteiger partial charge in [-0.2, -0.15) is 10.1 Å². The zero-order valence-corrected chi connectivity index (χ0v) is 19.0. The number of hydrogen-bond acceptors (Lipinski definition) is 6. The van der Waals surface area contributed by atoms with Crippen molar-refractivity contribution in [2.24, 2.45) is 0 Å². The first-order chi connectivity index (χ1) is 17.2. The number of aryl methyl sites for hydroxylation is 1. The Morgan fingerprint density at radius 2 is 1.89 bits per heavy atom. The van der Waals surface area contributed by atoms with Crippen LogP contribution in [0.3, 0.4) is 0 Å². The van der Waals surface area contributed by atoms with Gasteiger partial charge in [-0.05, 0) is 42.3 Å². The normalized spacial score (nSPS) is 10.9. The van der Waals surface area contributed by atoms with Crippen LogP contribution < -0.4 is 0 Å². The van der Waals surface area contributed by atoms with E-state index < -0.39 is 0 Å². The quantitative estimate of drug-likeness (QED) is 0.220. The molecule has 0 aliphatic rings. The van der Waals surface area contributed by atoms with E-state index in [-0.39, 0.29) is 12.4 Å². The highest BCUT2D eigenvalue weighted by atomic mass is 16.5. The lowest BCUT2D eigenvalue weighted by atomic mass is 10.0. The number of esters is 1. The number of carbonyl (C=O) groups excluding carboxylic acids is 1. The molecule has 0 amide bonds. The number of hydrogen-bond donors (Lipinski definition) is 0. The van der Waals surface area contributed by atoms with Crippen molar-refractivity contribution >= 4 is 22.6 Å². The maximum absolute atomic E-state index is 11.7. The van der Waals surface area contributed by atoms with Crippen LogP contribution in [0.5, 0.6) is 0 Å². The fourth-order valence-electron chi connectivity index (χ4n) is 3.91. The van der Waals surface area contributed by atoms with E-state index in [4.69, 9.17) is 15.8 Å². The van der Waals surface area contributed by atoms with Gasteiger partial charge in [0.1, 0.15) is 0 Å². The summed E-state index contributed by atoms with van der Waals surface area (Å²) >= 11 is 0. The summed E-state index contributed by atoms with van der Waals surface area (Å²) in [5, 5.41) is 9.43. The molecule has 0 saturated heterocycles. The molecule has 35 heavy (non-hydrogen) atoms. The molecular formula is C27H21N5O3. The fraction of sp³-hybridized carbons (Fsp3) is 0.148.